The van der Waals surface area contributed by atoms with E-state index in [4.69, 9.17) is 0 Å². The van der Waals surface area contributed by atoms with Gasteiger partial charge >= 0.3 is 0 Å². The average molecular weight is 183 g/mol. The fourth-order valence-corrected chi connectivity index (χ4v) is 2.08. The zero-order chi connectivity index (χ0) is 8.97. The van der Waals surface area contributed by atoms with E-state index in [0.717, 1.165) is 12.7 Å². The van der Waals surface area contributed by atoms with Crippen LogP contribution in [0.15, 0.2) is 11.4 Å². The van der Waals surface area contributed by atoms with Gasteiger partial charge in [-0.15, -0.1) is 11.3 Å². The molecule has 0 saturated carbocycles. The molecule has 0 aliphatic rings. The van der Waals surface area contributed by atoms with Crippen molar-refractivity contribution in [3.05, 3.63) is 16.3 Å². The van der Waals surface area contributed by atoms with Crippen LogP contribution in [-0.2, 0) is 11.2 Å². The van der Waals surface area contributed by atoms with Gasteiger partial charge in [-0.2, -0.15) is 0 Å². The van der Waals surface area contributed by atoms with Crippen molar-refractivity contribution >= 4 is 23.3 Å². The molecule has 0 spiro atoms. The Balaban J connectivity index is 2.70. The highest BCUT2D eigenvalue weighted by Crippen LogP contribution is 2.25. The smallest absolute Gasteiger partial charge is 0.120 e. The predicted molar refractivity (Wildman–Crippen MR) is 53.0 cm³/mol. The lowest BCUT2D eigenvalue weighted by atomic mass is 10.2. The standard InChI is InChI=1S/C9H13NOS/c1-10(2)8-5-7-12-9(8)4-3-6-11/h5-7H,3-4H2,1-2H3. The number of aldehydes is 1. The molecule has 0 fully saturated rings. The van der Waals surface area contributed by atoms with Crippen molar-refractivity contribution in [2.45, 2.75) is 12.8 Å². The van der Waals surface area contributed by atoms with Crippen LogP contribution in [0.5, 0.6) is 0 Å². The van der Waals surface area contributed by atoms with Crippen molar-refractivity contribution in [2.75, 3.05) is 19.0 Å². The third-order valence-electron chi connectivity index (χ3n) is 1.69. The van der Waals surface area contributed by atoms with Crippen LogP contribution in [0.25, 0.3) is 0 Å². The Morgan fingerprint density at radius 3 is 2.92 bits per heavy atom. The van der Waals surface area contributed by atoms with Gasteiger partial charge in [-0.25, -0.2) is 0 Å². The van der Waals surface area contributed by atoms with Crippen molar-refractivity contribution in [1.29, 1.82) is 0 Å². The van der Waals surface area contributed by atoms with E-state index in [1.807, 2.05) is 14.1 Å². The number of thiophene rings is 1. The summed E-state index contributed by atoms with van der Waals surface area (Å²) in [4.78, 5) is 13.6. The van der Waals surface area contributed by atoms with Gasteiger partial charge in [0.2, 0.25) is 0 Å². The van der Waals surface area contributed by atoms with E-state index in [9.17, 15) is 4.79 Å². The highest BCUT2D eigenvalue weighted by atomic mass is 32.1. The number of carbonyl (C=O) groups excluding carboxylic acids is 1. The van der Waals surface area contributed by atoms with Crippen LogP contribution in [-0.4, -0.2) is 20.4 Å². The number of carbonyl (C=O) groups is 1. The van der Waals surface area contributed by atoms with Gasteiger partial charge in [-0.3, -0.25) is 0 Å². The second-order valence-corrected chi connectivity index (χ2v) is 3.83. The first-order chi connectivity index (χ1) is 5.75. The number of rotatable bonds is 4. The maximum absolute atomic E-state index is 10.2. The summed E-state index contributed by atoms with van der Waals surface area (Å²) in [5.41, 5.74) is 1.24. The van der Waals surface area contributed by atoms with E-state index in [0.29, 0.717) is 6.42 Å². The number of aryl methyl sites for hydroxylation is 1. The number of nitrogens with zero attached hydrogens (tertiary/aromatic N) is 1. The van der Waals surface area contributed by atoms with Gasteiger partial charge in [0.1, 0.15) is 6.29 Å². The molecule has 0 amide bonds. The van der Waals surface area contributed by atoms with Gasteiger partial charge in [0, 0.05) is 25.4 Å². The Labute approximate surface area is 76.8 Å². The minimum Gasteiger partial charge on any atom is -0.377 e. The molecule has 0 radical (unpaired) electrons. The van der Waals surface area contributed by atoms with Crippen molar-refractivity contribution in [3.63, 3.8) is 0 Å². The minimum atomic E-state index is 0.626. The number of hydrogen-bond donors (Lipinski definition) is 0. The Morgan fingerprint density at radius 1 is 1.58 bits per heavy atom. The molecule has 0 bridgehead atoms. The lowest BCUT2D eigenvalue weighted by Gasteiger charge is -2.12. The molecule has 1 aromatic rings. The minimum absolute atomic E-state index is 0.626. The van der Waals surface area contributed by atoms with E-state index >= 15 is 0 Å². The third kappa shape index (κ3) is 2.08. The van der Waals surface area contributed by atoms with Crippen LogP contribution >= 0.6 is 11.3 Å². The topological polar surface area (TPSA) is 20.3 Å². The van der Waals surface area contributed by atoms with Crippen LogP contribution in [0.2, 0.25) is 0 Å². The number of hydrogen-bond acceptors (Lipinski definition) is 3. The second-order valence-electron chi connectivity index (χ2n) is 2.83. The van der Waals surface area contributed by atoms with Crippen LogP contribution in [0.4, 0.5) is 5.69 Å². The van der Waals surface area contributed by atoms with E-state index in [-0.39, 0.29) is 0 Å². The molecule has 0 atom stereocenters. The molecule has 0 aliphatic carbocycles. The van der Waals surface area contributed by atoms with E-state index < -0.39 is 0 Å². The molecule has 0 unspecified atom stereocenters. The first-order valence-corrected chi connectivity index (χ1v) is 4.81. The lowest BCUT2D eigenvalue weighted by Crippen LogP contribution is -2.09. The van der Waals surface area contributed by atoms with Gasteiger partial charge < -0.3 is 9.69 Å². The molecule has 66 valence electrons. The van der Waals surface area contributed by atoms with Crippen molar-refractivity contribution in [3.8, 4) is 0 Å². The quantitative estimate of drug-likeness (QED) is 0.665. The Morgan fingerprint density at radius 2 is 2.33 bits per heavy atom. The average Bonchev–Trinajstić information content (AvgIpc) is 2.48. The molecule has 1 rings (SSSR count). The fraction of sp³-hybridized carbons (Fsp3) is 0.444. The molecule has 1 heterocycles. The molecule has 12 heavy (non-hydrogen) atoms. The third-order valence-corrected chi connectivity index (χ3v) is 2.66. The normalized spacial score (nSPS) is 9.83. The zero-order valence-corrected chi connectivity index (χ0v) is 8.23. The number of anilines is 1. The van der Waals surface area contributed by atoms with Gasteiger partial charge in [0.25, 0.3) is 0 Å². The molecular weight excluding hydrogens is 170 g/mol. The Hall–Kier alpha value is -0.830. The summed E-state index contributed by atoms with van der Waals surface area (Å²) < 4.78 is 0. The molecule has 0 aliphatic heterocycles. The first-order valence-electron chi connectivity index (χ1n) is 3.93. The van der Waals surface area contributed by atoms with Gasteiger partial charge in [0.15, 0.2) is 0 Å². The van der Waals surface area contributed by atoms with E-state index in [1.54, 1.807) is 11.3 Å². The summed E-state index contributed by atoms with van der Waals surface area (Å²) in [6, 6.07) is 2.09. The lowest BCUT2D eigenvalue weighted by molar-refractivity contribution is -0.107. The summed E-state index contributed by atoms with van der Waals surface area (Å²) in [7, 11) is 4.04. The van der Waals surface area contributed by atoms with Crippen LogP contribution < -0.4 is 4.90 Å². The molecular formula is C9H13NOS. The SMILES string of the molecule is CN(C)c1ccsc1CCC=O. The van der Waals surface area contributed by atoms with E-state index in [1.165, 1.54) is 10.6 Å². The molecule has 3 heteroatoms. The molecule has 0 saturated heterocycles. The maximum atomic E-state index is 10.2. The van der Waals surface area contributed by atoms with Gasteiger partial charge in [-0.05, 0) is 17.9 Å². The van der Waals surface area contributed by atoms with Crippen LogP contribution in [0.1, 0.15) is 11.3 Å². The van der Waals surface area contributed by atoms with Crippen molar-refractivity contribution in [2.24, 2.45) is 0 Å². The van der Waals surface area contributed by atoms with E-state index in [2.05, 4.69) is 16.3 Å². The summed E-state index contributed by atoms with van der Waals surface area (Å²) >= 11 is 1.72. The molecule has 2 nitrogen and oxygen atoms in total. The highest BCUT2D eigenvalue weighted by Gasteiger charge is 2.04. The largest absolute Gasteiger partial charge is 0.377 e. The Kier molecular flexibility index (Phi) is 3.29. The van der Waals surface area contributed by atoms with Crippen LogP contribution in [0.3, 0.4) is 0 Å². The maximum Gasteiger partial charge on any atom is 0.120 e. The van der Waals surface area contributed by atoms with Crippen LogP contribution in [0, 0.1) is 0 Å². The van der Waals surface area contributed by atoms with Gasteiger partial charge in [0.05, 0.1) is 5.69 Å². The van der Waals surface area contributed by atoms with Crippen molar-refractivity contribution in [1.82, 2.24) is 0 Å². The predicted octanol–water partition coefficient (Wildman–Crippen LogP) is 1.95. The first kappa shape index (κ1) is 9.26. The summed E-state index contributed by atoms with van der Waals surface area (Å²) in [6.07, 6.45) is 2.47. The Bertz CT molecular complexity index is 255. The molecule has 0 aromatic carbocycles. The highest BCUT2D eigenvalue weighted by molar-refractivity contribution is 7.10. The van der Waals surface area contributed by atoms with Crippen molar-refractivity contribution < 1.29 is 4.79 Å². The monoisotopic (exact) mass is 183 g/mol. The second kappa shape index (κ2) is 4.26. The summed E-state index contributed by atoms with van der Waals surface area (Å²) in [5.74, 6) is 0. The zero-order valence-electron chi connectivity index (χ0n) is 7.41. The molecule has 0 N–H and O–H groups in total. The molecule has 1 aromatic heterocycles. The summed E-state index contributed by atoms with van der Waals surface area (Å²) in [6.45, 7) is 0. The fourth-order valence-electron chi connectivity index (χ4n) is 1.11. The van der Waals surface area contributed by atoms with Gasteiger partial charge in [-0.1, -0.05) is 0 Å². The summed E-state index contributed by atoms with van der Waals surface area (Å²) in [5, 5.41) is 2.06.